The van der Waals surface area contributed by atoms with Crippen LogP contribution >= 0.6 is 0 Å². The first kappa shape index (κ1) is 34.6. The standard InChI is InChI=1S/C31H59N2O3/c1-4-7-9-11-13-15-17-19-21-24-28(34)31(6-3,27-23-25-29(32)35)33-30(36)26-22-20-18-16-14-12-10-8-5-2/h3-27H2,1-2H3,(H2,32,35)(H,33,36). The van der Waals surface area contributed by atoms with Gasteiger partial charge < -0.3 is 11.1 Å². The molecule has 0 aliphatic heterocycles. The van der Waals surface area contributed by atoms with Crippen molar-refractivity contribution in [1.29, 1.82) is 0 Å². The summed E-state index contributed by atoms with van der Waals surface area (Å²) in [7, 11) is 0. The third-order valence-corrected chi connectivity index (χ3v) is 7.38. The van der Waals surface area contributed by atoms with Gasteiger partial charge in [-0.2, -0.15) is 0 Å². The second kappa shape index (κ2) is 24.0. The zero-order chi connectivity index (χ0) is 26.9. The molecular formula is C31H59N2O3. The SMILES string of the molecule is [CH2]CC(CCCC(N)=O)(NC(=O)CCCCCCCCCCC)C(=O)CCCCCCCCCCC. The zero-order valence-electron chi connectivity index (χ0n) is 24.0. The molecule has 0 aromatic heterocycles. The number of primary amides is 1. The molecule has 0 aromatic rings. The summed E-state index contributed by atoms with van der Waals surface area (Å²) in [4.78, 5) is 37.3. The van der Waals surface area contributed by atoms with Crippen molar-refractivity contribution < 1.29 is 14.4 Å². The maximum atomic E-state index is 13.3. The Balaban J connectivity index is 4.48. The Bertz CT molecular complexity index is 564. The van der Waals surface area contributed by atoms with Crippen LogP contribution in [0, 0.1) is 6.92 Å². The second-order valence-corrected chi connectivity index (χ2v) is 10.8. The molecule has 0 fully saturated rings. The number of nitrogens with one attached hydrogen (secondary N) is 1. The maximum absolute atomic E-state index is 13.3. The molecule has 3 N–H and O–H groups in total. The summed E-state index contributed by atoms with van der Waals surface area (Å²) in [6.45, 7) is 8.49. The molecule has 0 aliphatic rings. The summed E-state index contributed by atoms with van der Waals surface area (Å²) < 4.78 is 0. The Hall–Kier alpha value is -1.39. The molecular weight excluding hydrogens is 448 g/mol. The van der Waals surface area contributed by atoms with Gasteiger partial charge in [0.25, 0.3) is 0 Å². The number of unbranched alkanes of at least 4 members (excludes halogenated alkanes) is 16. The Morgan fingerprint density at radius 2 is 1.03 bits per heavy atom. The number of carbonyl (C=O) groups is 3. The molecule has 1 atom stereocenters. The molecule has 0 aliphatic carbocycles. The van der Waals surface area contributed by atoms with Crippen molar-refractivity contribution in [2.24, 2.45) is 5.73 Å². The molecule has 36 heavy (non-hydrogen) atoms. The first-order chi connectivity index (χ1) is 17.4. The number of ketones is 1. The number of rotatable bonds is 27. The minimum absolute atomic E-state index is 0.0605. The monoisotopic (exact) mass is 507 g/mol. The molecule has 1 radical (unpaired) electrons. The van der Waals surface area contributed by atoms with Crippen molar-refractivity contribution in [2.45, 2.75) is 173 Å². The summed E-state index contributed by atoms with van der Waals surface area (Å²) in [5.41, 5.74) is 4.35. The van der Waals surface area contributed by atoms with Crippen molar-refractivity contribution in [1.82, 2.24) is 5.32 Å². The van der Waals surface area contributed by atoms with Gasteiger partial charge in [0.15, 0.2) is 5.78 Å². The van der Waals surface area contributed by atoms with Crippen LogP contribution in [-0.4, -0.2) is 23.1 Å². The summed E-state index contributed by atoms with van der Waals surface area (Å²) >= 11 is 0. The topological polar surface area (TPSA) is 89.3 Å². The molecule has 1 unspecified atom stereocenters. The molecule has 0 heterocycles. The van der Waals surface area contributed by atoms with E-state index < -0.39 is 5.54 Å². The van der Waals surface area contributed by atoms with Crippen molar-refractivity contribution in [3.05, 3.63) is 6.92 Å². The van der Waals surface area contributed by atoms with E-state index in [1.165, 1.54) is 77.0 Å². The first-order valence-electron chi connectivity index (χ1n) is 15.3. The lowest BCUT2D eigenvalue weighted by Gasteiger charge is -2.33. The number of amides is 2. The quantitative estimate of drug-likeness (QED) is 0.110. The van der Waals surface area contributed by atoms with Crippen LogP contribution in [0.4, 0.5) is 0 Å². The molecule has 0 bridgehead atoms. The van der Waals surface area contributed by atoms with E-state index in [2.05, 4.69) is 26.1 Å². The summed E-state index contributed by atoms with van der Waals surface area (Å²) in [5, 5.41) is 3.06. The van der Waals surface area contributed by atoms with Crippen molar-refractivity contribution >= 4 is 17.6 Å². The predicted molar refractivity (Wildman–Crippen MR) is 153 cm³/mol. The molecule has 5 nitrogen and oxygen atoms in total. The lowest BCUT2D eigenvalue weighted by atomic mass is 9.82. The van der Waals surface area contributed by atoms with Gasteiger partial charge in [-0.15, -0.1) is 0 Å². The third-order valence-electron chi connectivity index (χ3n) is 7.38. The van der Waals surface area contributed by atoms with Gasteiger partial charge in [0, 0.05) is 19.3 Å². The molecule has 5 heteroatoms. The van der Waals surface area contributed by atoms with Crippen LogP contribution < -0.4 is 11.1 Å². The average molecular weight is 508 g/mol. The van der Waals surface area contributed by atoms with Crippen LogP contribution in [0.15, 0.2) is 0 Å². The predicted octanol–water partition coefficient (Wildman–Crippen LogP) is 8.13. The van der Waals surface area contributed by atoms with Gasteiger partial charge in [-0.25, -0.2) is 0 Å². The summed E-state index contributed by atoms with van der Waals surface area (Å²) in [6, 6.07) is 0. The maximum Gasteiger partial charge on any atom is 0.220 e. The van der Waals surface area contributed by atoms with Gasteiger partial charge >= 0.3 is 0 Å². The van der Waals surface area contributed by atoms with Gasteiger partial charge in [-0.3, -0.25) is 14.4 Å². The van der Waals surface area contributed by atoms with Crippen molar-refractivity contribution in [2.75, 3.05) is 0 Å². The normalized spacial score (nSPS) is 12.9. The van der Waals surface area contributed by atoms with Gasteiger partial charge in [0.2, 0.25) is 11.8 Å². The van der Waals surface area contributed by atoms with Crippen molar-refractivity contribution in [3.63, 3.8) is 0 Å². The van der Waals surface area contributed by atoms with E-state index in [9.17, 15) is 14.4 Å². The highest BCUT2D eigenvalue weighted by molar-refractivity contribution is 5.93. The Kier molecular flexibility index (Phi) is 23.0. The fourth-order valence-corrected chi connectivity index (χ4v) is 4.92. The van der Waals surface area contributed by atoms with Crippen LogP contribution in [0.3, 0.4) is 0 Å². The highest BCUT2D eigenvalue weighted by atomic mass is 16.2. The number of hydrogen-bond acceptors (Lipinski definition) is 3. The lowest BCUT2D eigenvalue weighted by molar-refractivity contribution is -0.133. The average Bonchev–Trinajstić information content (AvgIpc) is 2.85. The lowest BCUT2D eigenvalue weighted by Crippen LogP contribution is -2.54. The fraction of sp³-hybridized carbons (Fsp3) is 0.871. The van der Waals surface area contributed by atoms with E-state index in [4.69, 9.17) is 5.73 Å². The minimum atomic E-state index is -0.966. The highest BCUT2D eigenvalue weighted by Gasteiger charge is 2.36. The largest absolute Gasteiger partial charge is 0.370 e. The van der Waals surface area contributed by atoms with E-state index in [-0.39, 0.29) is 24.0 Å². The summed E-state index contributed by atoms with van der Waals surface area (Å²) in [6.07, 6.45) is 23.9. The number of carbonyl (C=O) groups excluding carboxylic acids is 3. The van der Waals surface area contributed by atoms with Crippen LogP contribution in [0.25, 0.3) is 0 Å². The smallest absolute Gasteiger partial charge is 0.220 e. The summed E-state index contributed by atoms with van der Waals surface area (Å²) in [5.74, 6) is -0.383. The number of Topliss-reactive ketones (excluding diaryl/α,β-unsaturated/α-hetero) is 1. The van der Waals surface area contributed by atoms with E-state index in [0.29, 0.717) is 32.1 Å². The van der Waals surface area contributed by atoms with E-state index in [1.807, 2.05) is 0 Å². The van der Waals surface area contributed by atoms with Gasteiger partial charge in [0.1, 0.15) is 0 Å². The van der Waals surface area contributed by atoms with Crippen LogP contribution in [0.1, 0.15) is 168 Å². The Labute approximate surface area is 223 Å². The zero-order valence-corrected chi connectivity index (χ0v) is 24.0. The van der Waals surface area contributed by atoms with Crippen LogP contribution in [0.5, 0.6) is 0 Å². The molecule has 0 spiro atoms. The Morgan fingerprint density at radius 3 is 1.44 bits per heavy atom. The molecule has 0 saturated heterocycles. The molecule has 2 amide bonds. The first-order valence-corrected chi connectivity index (χ1v) is 15.3. The highest BCUT2D eigenvalue weighted by Crippen LogP contribution is 2.24. The van der Waals surface area contributed by atoms with E-state index in [1.54, 1.807) is 0 Å². The van der Waals surface area contributed by atoms with Crippen LogP contribution in [0.2, 0.25) is 0 Å². The van der Waals surface area contributed by atoms with Gasteiger partial charge in [0.05, 0.1) is 5.54 Å². The van der Waals surface area contributed by atoms with Crippen LogP contribution in [-0.2, 0) is 14.4 Å². The Morgan fingerprint density at radius 1 is 0.611 bits per heavy atom. The molecule has 211 valence electrons. The van der Waals surface area contributed by atoms with Gasteiger partial charge in [-0.1, -0.05) is 124 Å². The van der Waals surface area contributed by atoms with Crippen molar-refractivity contribution in [3.8, 4) is 0 Å². The van der Waals surface area contributed by atoms with E-state index >= 15 is 0 Å². The molecule has 0 aromatic carbocycles. The van der Waals surface area contributed by atoms with Gasteiger partial charge in [-0.05, 0) is 32.1 Å². The van der Waals surface area contributed by atoms with E-state index in [0.717, 1.165) is 38.5 Å². The number of hydrogen-bond donors (Lipinski definition) is 2. The molecule has 0 saturated carbocycles. The molecule has 0 rings (SSSR count). The second-order valence-electron chi connectivity index (χ2n) is 10.8. The number of nitrogens with two attached hydrogens (primary N) is 1. The third kappa shape index (κ3) is 18.8. The minimum Gasteiger partial charge on any atom is -0.370 e. The fourth-order valence-electron chi connectivity index (χ4n) is 4.92.